The second kappa shape index (κ2) is 5.85. The molecule has 1 aliphatic rings. The number of thiophene rings is 1. The first kappa shape index (κ1) is 17.1. The van der Waals surface area contributed by atoms with Gasteiger partial charge in [-0.3, -0.25) is 4.31 Å². The Morgan fingerprint density at radius 1 is 0.962 bits per heavy atom. The van der Waals surface area contributed by atoms with Crippen molar-refractivity contribution in [3.8, 4) is 10.4 Å². The number of nitrogens with zero attached hydrogens (tertiary/aromatic N) is 1. The molecule has 1 aliphatic heterocycles. The molecule has 0 saturated carbocycles. The van der Waals surface area contributed by atoms with Gasteiger partial charge in [0.15, 0.2) is 0 Å². The fraction of sp³-hybridized carbons (Fsp3) is 0.111. The van der Waals surface area contributed by atoms with E-state index >= 15 is 0 Å². The molecule has 8 heteroatoms. The molecule has 2 aromatic carbocycles. The quantitative estimate of drug-likeness (QED) is 0.602. The number of fused-ring (bicyclic) bond motifs is 3. The Morgan fingerprint density at radius 2 is 1.65 bits per heavy atom. The van der Waals surface area contributed by atoms with Crippen molar-refractivity contribution in [3.05, 3.63) is 71.1 Å². The van der Waals surface area contributed by atoms with Crippen LogP contribution < -0.4 is 4.31 Å². The monoisotopic (exact) mass is 395 g/mol. The van der Waals surface area contributed by atoms with E-state index in [2.05, 4.69) is 0 Å². The molecular weight excluding hydrogens is 383 g/mol. The van der Waals surface area contributed by atoms with E-state index in [0.717, 1.165) is 40.3 Å². The van der Waals surface area contributed by atoms with Crippen LogP contribution in [0.4, 0.5) is 18.9 Å². The highest BCUT2D eigenvalue weighted by molar-refractivity contribution is 7.92. The van der Waals surface area contributed by atoms with Gasteiger partial charge in [0, 0.05) is 0 Å². The average molecular weight is 395 g/mol. The van der Waals surface area contributed by atoms with Crippen LogP contribution in [0.25, 0.3) is 10.4 Å². The minimum absolute atomic E-state index is 0.142. The zero-order valence-corrected chi connectivity index (χ0v) is 14.8. The predicted molar refractivity (Wildman–Crippen MR) is 94.6 cm³/mol. The van der Waals surface area contributed by atoms with Gasteiger partial charge in [-0.2, -0.15) is 13.2 Å². The minimum Gasteiger partial charge on any atom is -0.260 e. The van der Waals surface area contributed by atoms with Crippen LogP contribution in [0.15, 0.2) is 64.9 Å². The highest BCUT2D eigenvalue weighted by Crippen LogP contribution is 2.45. The molecule has 2 heterocycles. The Morgan fingerprint density at radius 3 is 2.35 bits per heavy atom. The molecule has 3 aromatic rings. The van der Waals surface area contributed by atoms with Crippen LogP contribution in [0.2, 0.25) is 0 Å². The summed E-state index contributed by atoms with van der Waals surface area (Å²) in [5, 5.41) is 1.81. The van der Waals surface area contributed by atoms with Gasteiger partial charge in [0.2, 0.25) is 0 Å². The summed E-state index contributed by atoms with van der Waals surface area (Å²) < 4.78 is 65.6. The number of anilines is 1. The number of alkyl halides is 3. The average Bonchev–Trinajstić information content (AvgIpc) is 3.10. The molecule has 0 fully saturated rings. The summed E-state index contributed by atoms with van der Waals surface area (Å²) in [6.45, 7) is 0.142. The predicted octanol–water partition coefficient (Wildman–Crippen LogP) is 5.14. The standard InChI is InChI=1S/C18H12F3NO2S2/c19-18(20,21)13-5-7-14(8-6-13)26(23,24)22-11-12-3-1-2-4-15(12)17-16(22)9-10-25-17/h1-10H,11H2. The summed E-state index contributed by atoms with van der Waals surface area (Å²) in [5.74, 6) is 0. The molecule has 0 amide bonds. The molecule has 0 bridgehead atoms. The lowest BCUT2D eigenvalue weighted by Gasteiger charge is -2.30. The van der Waals surface area contributed by atoms with Crippen LogP contribution >= 0.6 is 11.3 Å². The summed E-state index contributed by atoms with van der Waals surface area (Å²) in [7, 11) is -3.98. The van der Waals surface area contributed by atoms with Gasteiger partial charge in [-0.25, -0.2) is 8.42 Å². The third kappa shape index (κ3) is 2.69. The molecule has 0 atom stereocenters. The molecule has 3 nitrogen and oxygen atoms in total. The van der Waals surface area contributed by atoms with E-state index in [9.17, 15) is 21.6 Å². The van der Waals surface area contributed by atoms with Gasteiger partial charge in [0.25, 0.3) is 10.0 Å². The Bertz CT molecular complexity index is 1070. The van der Waals surface area contributed by atoms with E-state index in [-0.39, 0.29) is 11.4 Å². The van der Waals surface area contributed by atoms with Crippen molar-refractivity contribution < 1.29 is 21.6 Å². The Labute approximate surface area is 152 Å². The summed E-state index contributed by atoms with van der Waals surface area (Å²) in [5.41, 5.74) is 1.51. The number of hydrogen-bond acceptors (Lipinski definition) is 3. The molecule has 0 unspecified atom stereocenters. The van der Waals surface area contributed by atoms with Crippen molar-refractivity contribution in [2.75, 3.05) is 4.31 Å². The normalized spacial score (nSPS) is 14.0. The summed E-state index contributed by atoms with van der Waals surface area (Å²) >= 11 is 1.43. The van der Waals surface area contributed by atoms with Crippen LogP contribution in [0.5, 0.6) is 0 Å². The third-order valence-electron chi connectivity index (χ3n) is 4.26. The van der Waals surface area contributed by atoms with Gasteiger partial charge in [0.1, 0.15) is 0 Å². The summed E-state index contributed by atoms with van der Waals surface area (Å²) in [4.78, 5) is 0.671. The van der Waals surface area contributed by atoms with Crippen molar-refractivity contribution in [3.63, 3.8) is 0 Å². The highest BCUT2D eigenvalue weighted by Gasteiger charge is 2.34. The first-order chi connectivity index (χ1) is 12.3. The van der Waals surface area contributed by atoms with Crippen molar-refractivity contribution in [2.24, 2.45) is 0 Å². The van der Waals surface area contributed by atoms with Crippen LogP contribution in [0, 0.1) is 0 Å². The Hall–Kier alpha value is -2.32. The van der Waals surface area contributed by atoms with Gasteiger partial charge >= 0.3 is 6.18 Å². The fourth-order valence-electron chi connectivity index (χ4n) is 2.98. The van der Waals surface area contributed by atoms with Crippen molar-refractivity contribution in [1.29, 1.82) is 0 Å². The third-order valence-corrected chi connectivity index (χ3v) is 6.97. The molecule has 4 rings (SSSR count). The molecule has 0 N–H and O–H groups in total. The van der Waals surface area contributed by atoms with E-state index in [1.807, 2.05) is 29.6 Å². The number of halogens is 3. The summed E-state index contributed by atoms with van der Waals surface area (Å²) in [6.07, 6.45) is -4.51. The van der Waals surface area contributed by atoms with E-state index in [0.29, 0.717) is 5.69 Å². The molecule has 26 heavy (non-hydrogen) atoms. The van der Waals surface area contributed by atoms with Crippen LogP contribution in [0.3, 0.4) is 0 Å². The van der Waals surface area contributed by atoms with Crippen LogP contribution in [-0.2, 0) is 22.7 Å². The number of sulfonamides is 1. The maximum absolute atomic E-state index is 13.1. The van der Waals surface area contributed by atoms with E-state index in [4.69, 9.17) is 0 Å². The molecule has 0 saturated heterocycles. The molecular formula is C18H12F3NO2S2. The van der Waals surface area contributed by atoms with E-state index in [1.165, 1.54) is 15.6 Å². The number of hydrogen-bond donors (Lipinski definition) is 0. The minimum atomic E-state index is -4.51. The zero-order chi connectivity index (χ0) is 18.5. The molecule has 0 aliphatic carbocycles. The van der Waals surface area contributed by atoms with Gasteiger partial charge < -0.3 is 0 Å². The van der Waals surface area contributed by atoms with Crippen molar-refractivity contribution >= 4 is 27.0 Å². The van der Waals surface area contributed by atoms with Crippen LogP contribution in [-0.4, -0.2) is 8.42 Å². The topological polar surface area (TPSA) is 37.4 Å². The maximum Gasteiger partial charge on any atom is 0.416 e. The van der Waals surface area contributed by atoms with Crippen molar-refractivity contribution in [1.82, 2.24) is 0 Å². The molecule has 0 spiro atoms. The zero-order valence-electron chi connectivity index (χ0n) is 13.2. The molecule has 1 aromatic heterocycles. The smallest absolute Gasteiger partial charge is 0.260 e. The molecule has 0 radical (unpaired) electrons. The summed E-state index contributed by atoms with van der Waals surface area (Å²) in [6, 6.07) is 12.8. The van der Waals surface area contributed by atoms with E-state index < -0.39 is 21.8 Å². The van der Waals surface area contributed by atoms with Gasteiger partial charge in [-0.15, -0.1) is 11.3 Å². The highest BCUT2D eigenvalue weighted by atomic mass is 32.2. The SMILES string of the molecule is O=S(=O)(c1ccc(C(F)(F)F)cc1)N1Cc2ccccc2-c2sccc21. The lowest BCUT2D eigenvalue weighted by Crippen LogP contribution is -2.32. The lowest BCUT2D eigenvalue weighted by molar-refractivity contribution is -0.137. The van der Waals surface area contributed by atoms with Crippen molar-refractivity contribution in [2.45, 2.75) is 17.6 Å². The van der Waals surface area contributed by atoms with Gasteiger partial charge in [-0.1, -0.05) is 24.3 Å². The second-order valence-electron chi connectivity index (χ2n) is 5.83. The fourth-order valence-corrected chi connectivity index (χ4v) is 5.45. The first-order valence-electron chi connectivity index (χ1n) is 7.64. The lowest BCUT2D eigenvalue weighted by atomic mass is 10.0. The Balaban J connectivity index is 1.78. The number of rotatable bonds is 2. The van der Waals surface area contributed by atoms with Gasteiger partial charge in [-0.05, 0) is 46.8 Å². The van der Waals surface area contributed by atoms with Gasteiger partial charge in [0.05, 0.1) is 27.6 Å². The first-order valence-corrected chi connectivity index (χ1v) is 9.96. The Kier molecular flexibility index (Phi) is 3.85. The number of benzene rings is 2. The molecule has 134 valence electrons. The van der Waals surface area contributed by atoms with Crippen LogP contribution in [0.1, 0.15) is 11.1 Å². The largest absolute Gasteiger partial charge is 0.416 e. The van der Waals surface area contributed by atoms with E-state index in [1.54, 1.807) is 6.07 Å². The maximum atomic E-state index is 13.1. The second-order valence-corrected chi connectivity index (χ2v) is 8.60.